The van der Waals surface area contributed by atoms with Crippen molar-refractivity contribution in [2.24, 2.45) is 0 Å². The van der Waals surface area contributed by atoms with Crippen molar-refractivity contribution in [3.8, 4) is 0 Å². The molecule has 0 saturated heterocycles. The molecule has 0 aliphatic carbocycles. The third-order valence-corrected chi connectivity index (χ3v) is 11.4. The van der Waals surface area contributed by atoms with Gasteiger partial charge in [0, 0.05) is 0 Å². The first-order valence-corrected chi connectivity index (χ1v) is 12.5. The van der Waals surface area contributed by atoms with Crippen molar-refractivity contribution in [1.29, 1.82) is 0 Å². The topological polar surface area (TPSA) is 39.4 Å². The Morgan fingerprint density at radius 3 is 1.86 bits per heavy atom. The Morgan fingerprint density at radius 1 is 0.864 bits per heavy atom. The molecular formula is C17H13ClGeO3. The number of furan rings is 1. The van der Waals surface area contributed by atoms with Crippen LogP contribution in [0.15, 0.2) is 83.5 Å². The molecule has 5 heteroatoms. The van der Waals surface area contributed by atoms with Crippen molar-refractivity contribution in [3.05, 3.63) is 84.8 Å². The molecule has 0 N–H and O–H groups in total. The molecule has 0 radical (unpaired) electrons. The van der Waals surface area contributed by atoms with Gasteiger partial charge in [0.25, 0.3) is 0 Å². The first kappa shape index (κ1) is 14.9. The molecule has 3 nitrogen and oxygen atoms in total. The minimum atomic E-state index is -3.77. The molecule has 0 aliphatic rings. The van der Waals surface area contributed by atoms with Gasteiger partial charge in [-0.3, -0.25) is 0 Å². The molecule has 0 saturated carbocycles. The second kappa shape index (κ2) is 6.42. The zero-order chi connectivity index (χ0) is 15.4. The van der Waals surface area contributed by atoms with Gasteiger partial charge in [-0.05, 0) is 0 Å². The molecular weight excluding hydrogens is 360 g/mol. The van der Waals surface area contributed by atoms with Crippen molar-refractivity contribution in [2.75, 3.05) is 0 Å². The van der Waals surface area contributed by atoms with E-state index in [1.807, 2.05) is 60.7 Å². The first-order valence-electron chi connectivity index (χ1n) is 6.77. The second-order valence-electron chi connectivity index (χ2n) is 4.69. The molecule has 2 aromatic carbocycles. The van der Waals surface area contributed by atoms with Gasteiger partial charge in [-0.1, -0.05) is 0 Å². The maximum absolute atomic E-state index is 12.3. The van der Waals surface area contributed by atoms with E-state index in [2.05, 4.69) is 0 Å². The fourth-order valence-corrected chi connectivity index (χ4v) is 8.38. The summed E-state index contributed by atoms with van der Waals surface area (Å²) in [4.78, 5) is 12.3. The van der Waals surface area contributed by atoms with E-state index in [1.165, 1.54) is 6.26 Å². The molecule has 1 heterocycles. The number of benzene rings is 2. The Bertz CT molecular complexity index is 703. The zero-order valence-corrected chi connectivity index (χ0v) is 14.5. The standard InChI is InChI=1S/C17H13ClGeO3/c18-19(14-8-3-1-4-9-14,15-10-5-2-6-11-15)22-17(20)16-12-7-13-21-16/h1-13H. The van der Waals surface area contributed by atoms with Gasteiger partial charge in [0.15, 0.2) is 0 Å². The summed E-state index contributed by atoms with van der Waals surface area (Å²) in [6.07, 6.45) is 1.44. The Balaban J connectivity index is 2.02. The quantitative estimate of drug-likeness (QED) is 0.660. The van der Waals surface area contributed by atoms with Crippen LogP contribution in [0, 0.1) is 0 Å². The predicted molar refractivity (Wildman–Crippen MR) is 87.9 cm³/mol. The molecule has 0 fully saturated rings. The van der Waals surface area contributed by atoms with Crippen LogP contribution >= 0.6 is 10.0 Å². The van der Waals surface area contributed by atoms with Gasteiger partial charge in [0.2, 0.25) is 0 Å². The summed E-state index contributed by atoms with van der Waals surface area (Å²) in [5.74, 6) is -0.379. The number of rotatable bonds is 4. The predicted octanol–water partition coefficient (Wildman–Crippen LogP) is 2.93. The third-order valence-electron chi connectivity index (χ3n) is 3.25. The summed E-state index contributed by atoms with van der Waals surface area (Å²) < 4.78 is 12.6. The van der Waals surface area contributed by atoms with Crippen LogP contribution in [-0.4, -0.2) is 18.6 Å². The van der Waals surface area contributed by atoms with Crippen LogP contribution < -0.4 is 8.79 Å². The summed E-state index contributed by atoms with van der Waals surface area (Å²) in [6.45, 7) is 0. The average Bonchev–Trinajstić information content (AvgIpc) is 3.11. The fraction of sp³-hybridized carbons (Fsp3) is 0. The van der Waals surface area contributed by atoms with Gasteiger partial charge in [0.1, 0.15) is 0 Å². The van der Waals surface area contributed by atoms with E-state index in [0.717, 1.165) is 8.79 Å². The SMILES string of the molecule is O=C([O][Ge]([Cl])([c]1ccccc1)[c]1ccccc1)c1ccco1. The van der Waals surface area contributed by atoms with Crippen molar-refractivity contribution in [3.63, 3.8) is 0 Å². The maximum atomic E-state index is 12.3. The van der Waals surface area contributed by atoms with Gasteiger partial charge in [-0.25, -0.2) is 0 Å². The molecule has 0 aliphatic heterocycles. The zero-order valence-electron chi connectivity index (χ0n) is 11.6. The average molecular weight is 373 g/mol. The van der Waals surface area contributed by atoms with Gasteiger partial charge >= 0.3 is 135 Å². The normalized spacial score (nSPS) is 11.1. The molecule has 3 aromatic rings. The molecule has 3 rings (SSSR count). The van der Waals surface area contributed by atoms with Crippen LogP contribution in [0.4, 0.5) is 0 Å². The Labute approximate surface area is 135 Å². The molecule has 0 bridgehead atoms. The van der Waals surface area contributed by atoms with E-state index in [1.54, 1.807) is 12.1 Å². The molecule has 0 amide bonds. The van der Waals surface area contributed by atoms with E-state index in [-0.39, 0.29) is 5.76 Å². The van der Waals surface area contributed by atoms with Crippen molar-refractivity contribution in [1.82, 2.24) is 0 Å². The number of carbonyl (C=O) groups is 1. The van der Waals surface area contributed by atoms with E-state index in [9.17, 15) is 4.79 Å². The molecule has 1 aromatic heterocycles. The molecule has 110 valence electrons. The Hall–Kier alpha value is -1.98. The number of hydrogen-bond acceptors (Lipinski definition) is 3. The Morgan fingerprint density at radius 2 is 1.41 bits per heavy atom. The van der Waals surface area contributed by atoms with Crippen LogP contribution in [0.25, 0.3) is 0 Å². The van der Waals surface area contributed by atoms with Crippen LogP contribution in [0.3, 0.4) is 0 Å². The fourth-order valence-electron chi connectivity index (χ4n) is 2.16. The van der Waals surface area contributed by atoms with Gasteiger partial charge in [0.05, 0.1) is 0 Å². The monoisotopic (exact) mass is 374 g/mol. The van der Waals surface area contributed by atoms with Crippen molar-refractivity contribution < 1.29 is 13.0 Å². The summed E-state index contributed by atoms with van der Waals surface area (Å²) >= 11 is -3.77. The molecule has 22 heavy (non-hydrogen) atoms. The molecule has 0 spiro atoms. The van der Waals surface area contributed by atoms with E-state index in [0.29, 0.717) is 0 Å². The molecule has 0 atom stereocenters. The van der Waals surface area contributed by atoms with E-state index in [4.69, 9.17) is 18.2 Å². The van der Waals surface area contributed by atoms with E-state index < -0.39 is 18.6 Å². The summed E-state index contributed by atoms with van der Waals surface area (Å²) in [6, 6.07) is 22.2. The van der Waals surface area contributed by atoms with E-state index >= 15 is 0 Å². The Kier molecular flexibility index (Phi) is 4.36. The van der Waals surface area contributed by atoms with Gasteiger partial charge in [-0.2, -0.15) is 0 Å². The number of carbonyl (C=O) groups excluding carboxylic acids is 1. The van der Waals surface area contributed by atoms with Crippen LogP contribution in [0.5, 0.6) is 0 Å². The summed E-state index contributed by atoms with van der Waals surface area (Å²) in [7, 11) is 6.90. The third kappa shape index (κ3) is 2.96. The summed E-state index contributed by atoms with van der Waals surface area (Å²) in [5, 5.41) is 0. The minimum absolute atomic E-state index is 0.155. The van der Waals surface area contributed by atoms with Gasteiger partial charge in [-0.15, -0.1) is 0 Å². The van der Waals surface area contributed by atoms with Crippen molar-refractivity contribution in [2.45, 2.75) is 0 Å². The first-order chi connectivity index (χ1) is 10.7. The second-order valence-corrected chi connectivity index (χ2v) is 12.8. The van der Waals surface area contributed by atoms with Crippen LogP contribution in [0.1, 0.15) is 10.6 Å². The van der Waals surface area contributed by atoms with Gasteiger partial charge < -0.3 is 0 Å². The van der Waals surface area contributed by atoms with Crippen LogP contribution in [-0.2, 0) is 3.76 Å². The van der Waals surface area contributed by atoms with Crippen molar-refractivity contribution >= 4 is 37.4 Å². The number of halogens is 1. The summed E-state index contributed by atoms with van der Waals surface area (Å²) in [5.41, 5.74) is 0. The number of hydrogen-bond donors (Lipinski definition) is 0. The van der Waals surface area contributed by atoms with Crippen LogP contribution in [0.2, 0.25) is 0 Å². The molecule has 0 unspecified atom stereocenters.